The first-order valence-corrected chi connectivity index (χ1v) is 7.79. The molecule has 1 saturated heterocycles. The third-order valence-electron chi connectivity index (χ3n) is 3.18. The predicted octanol–water partition coefficient (Wildman–Crippen LogP) is 0.898. The van der Waals surface area contributed by atoms with Crippen molar-refractivity contribution in [1.29, 1.82) is 0 Å². The van der Waals surface area contributed by atoms with E-state index in [0.717, 1.165) is 23.6 Å². The van der Waals surface area contributed by atoms with Crippen LogP contribution >= 0.6 is 11.8 Å². The van der Waals surface area contributed by atoms with E-state index in [1.54, 1.807) is 0 Å². The summed E-state index contributed by atoms with van der Waals surface area (Å²) in [6, 6.07) is 10.00. The summed E-state index contributed by atoms with van der Waals surface area (Å²) in [5.41, 5.74) is 7.09. The van der Waals surface area contributed by atoms with E-state index in [4.69, 9.17) is 5.73 Å². The van der Waals surface area contributed by atoms with E-state index in [0.29, 0.717) is 19.0 Å². The maximum atomic E-state index is 11.8. The van der Waals surface area contributed by atoms with Gasteiger partial charge in [0, 0.05) is 43.1 Å². The molecule has 1 aliphatic rings. The van der Waals surface area contributed by atoms with Crippen LogP contribution in [0.15, 0.2) is 30.3 Å². The topological polar surface area (TPSA) is 67.1 Å². The van der Waals surface area contributed by atoms with Gasteiger partial charge >= 0.3 is 0 Å². The molecule has 4 nitrogen and oxygen atoms in total. The van der Waals surface area contributed by atoms with E-state index in [1.807, 2.05) is 42.1 Å². The van der Waals surface area contributed by atoms with E-state index < -0.39 is 0 Å². The summed E-state index contributed by atoms with van der Waals surface area (Å²) in [6.45, 7) is 1.48. The van der Waals surface area contributed by atoms with Crippen LogP contribution in [0.4, 0.5) is 0 Å². The number of carbonyl (C=O) groups excluding carboxylic acids is 1. The van der Waals surface area contributed by atoms with Crippen LogP contribution in [-0.2, 0) is 4.79 Å². The van der Waals surface area contributed by atoms with Gasteiger partial charge in [0.1, 0.15) is 0 Å². The van der Waals surface area contributed by atoms with E-state index in [9.17, 15) is 4.79 Å². The van der Waals surface area contributed by atoms with Crippen LogP contribution < -0.4 is 16.4 Å². The molecule has 19 heavy (non-hydrogen) atoms. The zero-order valence-corrected chi connectivity index (χ0v) is 11.8. The van der Waals surface area contributed by atoms with Gasteiger partial charge in [0.05, 0.1) is 0 Å². The fraction of sp³-hybridized carbons (Fsp3) is 0.500. The van der Waals surface area contributed by atoms with E-state index >= 15 is 0 Å². The van der Waals surface area contributed by atoms with E-state index in [1.165, 1.54) is 0 Å². The average Bonchev–Trinajstić information content (AvgIpc) is 2.47. The lowest BCUT2D eigenvalue weighted by Gasteiger charge is -2.23. The summed E-state index contributed by atoms with van der Waals surface area (Å²) in [5, 5.41) is 6.27. The lowest BCUT2D eigenvalue weighted by Crippen LogP contribution is -2.42. The Labute approximate surface area is 118 Å². The minimum atomic E-state index is -0.140. The average molecular weight is 279 g/mol. The molecule has 1 fully saturated rings. The first-order valence-electron chi connectivity index (χ1n) is 6.64. The first-order chi connectivity index (χ1) is 9.25. The molecule has 1 aromatic carbocycles. The number of carbonyl (C=O) groups is 1. The van der Waals surface area contributed by atoms with Crippen molar-refractivity contribution < 1.29 is 4.79 Å². The fourth-order valence-electron chi connectivity index (χ4n) is 2.09. The molecule has 0 saturated carbocycles. The molecule has 0 aliphatic carbocycles. The lowest BCUT2D eigenvalue weighted by molar-refractivity contribution is -0.121. The largest absolute Gasteiger partial charge is 0.354 e. The highest BCUT2D eigenvalue weighted by Gasteiger charge is 2.17. The van der Waals surface area contributed by atoms with Crippen LogP contribution in [0.2, 0.25) is 0 Å². The van der Waals surface area contributed by atoms with Crippen molar-refractivity contribution in [1.82, 2.24) is 10.6 Å². The normalized spacial score (nSPS) is 20.8. The number of thioether (sulfide) groups is 1. The lowest BCUT2D eigenvalue weighted by atomic mass is 10.1. The number of nitrogens with two attached hydrogens (primary N) is 1. The maximum Gasteiger partial charge on any atom is 0.221 e. The van der Waals surface area contributed by atoms with E-state index in [2.05, 4.69) is 10.6 Å². The molecule has 1 aliphatic heterocycles. The quantitative estimate of drug-likeness (QED) is 0.749. The Bertz CT molecular complexity index is 393. The highest BCUT2D eigenvalue weighted by Crippen LogP contribution is 2.11. The van der Waals surface area contributed by atoms with Crippen molar-refractivity contribution >= 4 is 17.7 Å². The molecule has 5 heteroatoms. The van der Waals surface area contributed by atoms with Crippen LogP contribution in [0.3, 0.4) is 0 Å². The summed E-state index contributed by atoms with van der Waals surface area (Å²) in [4.78, 5) is 11.8. The van der Waals surface area contributed by atoms with Gasteiger partial charge < -0.3 is 16.4 Å². The van der Waals surface area contributed by atoms with Crippen molar-refractivity contribution in [2.75, 3.05) is 24.6 Å². The Morgan fingerprint density at radius 1 is 1.47 bits per heavy atom. The molecule has 0 bridgehead atoms. The second-order valence-electron chi connectivity index (χ2n) is 4.75. The number of amides is 1. The monoisotopic (exact) mass is 279 g/mol. The second kappa shape index (κ2) is 7.53. The molecule has 104 valence electrons. The summed E-state index contributed by atoms with van der Waals surface area (Å²) >= 11 is 1.90. The Kier molecular flexibility index (Phi) is 5.69. The van der Waals surface area contributed by atoms with E-state index in [-0.39, 0.29) is 11.9 Å². The van der Waals surface area contributed by atoms with Crippen molar-refractivity contribution in [3.63, 3.8) is 0 Å². The third-order valence-corrected chi connectivity index (χ3v) is 4.31. The smallest absolute Gasteiger partial charge is 0.221 e. The molecule has 2 rings (SSSR count). The molecule has 1 amide bonds. The highest BCUT2D eigenvalue weighted by atomic mass is 32.2. The highest BCUT2D eigenvalue weighted by molar-refractivity contribution is 7.99. The van der Waals surface area contributed by atoms with Crippen LogP contribution in [0.1, 0.15) is 18.0 Å². The number of hydrogen-bond acceptors (Lipinski definition) is 4. The van der Waals surface area contributed by atoms with Crippen molar-refractivity contribution in [3.8, 4) is 0 Å². The SMILES string of the molecule is NC(CNC(=O)CC1CSCCN1)c1ccccc1. The maximum absolute atomic E-state index is 11.8. The van der Waals surface area contributed by atoms with Gasteiger partial charge in [-0.05, 0) is 5.56 Å². The van der Waals surface area contributed by atoms with Gasteiger partial charge in [-0.25, -0.2) is 0 Å². The summed E-state index contributed by atoms with van der Waals surface area (Å²) in [6.07, 6.45) is 0.536. The zero-order chi connectivity index (χ0) is 13.5. The molecular weight excluding hydrogens is 258 g/mol. The van der Waals surface area contributed by atoms with Crippen LogP contribution in [0.5, 0.6) is 0 Å². The molecule has 0 radical (unpaired) electrons. The summed E-state index contributed by atoms with van der Waals surface area (Å²) < 4.78 is 0. The molecule has 4 N–H and O–H groups in total. The number of rotatable bonds is 5. The first kappa shape index (κ1) is 14.4. The molecule has 1 aromatic rings. The second-order valence-corrected chi connectivity index (χ2v) is 5.90. The third kappa shape index (κ3) is 4.86. The minimum Gasteiger partial charge on any atom is -0.354 e. The van der Waals surface area contributed by atoms with Gasteiger partial charge in [-0.3, -0.25) is 4.79 Å². The summed E-state index contributed by atoms with van der Waals surface area (Å²) in [5.74, 6) is 2.22. The van der Waals surface area contributed by atoms with Crippen LogP contribution in [0.25, 0.3) is 0 Å². The van der Waals surface area contributed by atoms with Gasteiger partial charge in [0.15, 0.2) is 0 Å². The molecule has 0 aromatic heterocycles. The Morgan fingerprint density at radius 3 is 2.95 bits per heavy atom. The van der Waals surface area contributed by atoms with Gasteiger partial charge in [0.25, 0.3) is 0 Å². The van der Waals surface area contributed by atoms with Gasteiger partial charge in [0.2, 0.25) is 5.91 Å². The van der Waals surface area contributed by atoms with Crippen molar-refractivity contribution in [2.24, 2.45) is 5.73 Å². The number of nitrogens with one attached hydrogen (secondary N) is 2. The van der Waals surface area contributed by atoms with Crippen LogP contribution in [0, 0.1) is 0 Å². The standard InChI is InChI=1S/C14H21N3OS/c15-13(11-4-2-1-3-5-11)9-17-14(18)8-12-10-19-7-6-16-12/h1-5,12-13,16H,6-10,15H2,(H,17,18). The minimum absolute atomic E-state index is 0.0754. The summed E-state index contributed by atoms with van der Waals surface area (Å²) in [7, 11) is 0. The Morgan fingerprint density at radius 2 is 2.26 bits per heavy atom. The molecule has 2 atom stereocenters. The molecule has 2 unspecified atom stereocenters. The fourth-order valence-corrected chi connectivity index (χ4v) is 3.04. The Hall–Kier alpha value is -1.04. The van der Waals surface area contributed by atoms with Gasteiger partial charge in [-0.2, -0.15) is 11.8 Å². The molecular formula is C14H21N3OS. The molecule has 1 heterocycles. The van der Waals surface area contributed by atoms with Crippen molar-refractivity contribution in [3.05, 3.63) is 35.9 Å². The van der Waals surface area contributed by atoms with Gasteiger partial charge in [-0.1, -0.05) is 30.3 Å². The predicted molar refractivity (Wildman–Crippen MR) is 80.1 cm³/mol. The van der Waals surface area contributed by atoms with Crippen LogP contribution in [-0.4, -0.2) is 36.5 Å². The van der Waals surface area contributed by atoms with Gasteiger partial charge in [-0.15, -0.1) is 0 Å². The zero-order valence-electron chi connectivity index (χ0n) is 11.0. The number of benzene rings is 1. The van der Waals surface area contributed by atoms with Crippen molar-refractivity contribution in [2.45, 2.75) is 18.5 Å². The Balaban J connectivity index is 1.71. The molecule has 0 spiro atoms. The number of hydrogen-bond donors (Lipinski definition) is 3.